The first-order chi connectivity index (χ1) is 8.17. The highest BCUT2D eigenvalue weighted by Crippen LogP contribution is 2.48. The molecule has 1 aromatic rings. The van der Waals surface area contributed by atoms with Gasteiger partial charge in [0.25, 0.3) is 0 Å². The molecule has 6 heteroatoms. The van der Waals surface area contributed by atoms with Gasteiger partial charge < -0.3 is 10.6 Å². The summed E-state index contributed by atoms with van der Waals surface area (Å²) in [5.41, 5.74) is 0.456. The zero-order valence-corrected chi connectivity index (χ0v) is 11.0. The molecule has 0 aromatic carbocycles. The summed E-state index contributed by atoms with van der Waals surface area (Å²) in [6.45, 7) is 5.88. The van der Waals surface area contributed by atoms with Crippen LogP contribution in [-0.4, -0.2) is 28.0 Å². The minimum Gasteiger partial charge on any atom is -0.354 e. The Morgan fingerprint density at radius 2 is 1.76 bits per heavy atom. The molecule has 0 spiro atoms. The maximum Gasteiger partial charge on any atom is 0.228 e. The topological polar surface area (TPSA) is 62.7 Å². The number of hydrogen-bond donors (Lipinski definition) is 2. The highest BCUT2D eigenvalue weighted by molar-refractivity contribution is 6.28. The van der Waals surface area contributed by atoms with E-state index in [0.29, 0.717) is 17.3 Å². The van der Waals surface area contributed by atoms with Crippen LogP contribution in [0.3, 0.4) is 0 Å². The van der Waals surface area contributed by atoms with Crippen molar-refractivity contribution in [3.05, 3.63) is 5.28 Å². The van der Waals surface area contributed by atoms with Gasteiger partial charge in [-0.15, -0.1) is 0 Å². The number of anilines is 2. The zero-order valence-electron chi connectivity index (χ0n) is 10.3. The summed E-state index contributed by atoms with van der Waals surface area (Å²) >= 11 is 5.84. The fourth-order valence-corrected chi connectivity index (χ4v) is 1.93. The zero-order chi connectivity index (χ0) is 12.3. The Hall–Kier alpha value is -1.10. The maximum absolute atomic E-state index is 5.84. The van der Waals surface area contributed by atoms with Crippen molar-refractivity contribution in [1.29, 1.82) is 0 Å². The summed E-state index contributed by atoms with van der Waals surface area (Å²) in [7, 11) is 0. The Morgan fingerprint density at radius 1 is 1.12 bits per heavy atom. The number of rotatable bonds is 6. The van der Waals surface area contributed by atoms with Gasteiger partial charge in [0.2, 0.25) is 17.2 Å². The van der Waals surface area contributed by atoms with Crippen LogP contribution in [0, 0.1) is 5.41 Å². The molecular formula is C11H18ClN5. The van der Waals surface area contributed by atoms with Gasteiger partial charge in [-0.1, -0.05) is 6.92 Å². The van der Waals surface area contributed by atoms with E-state index < -0.39 is 0 Å². The molecule has 0 radical (unpaired) electrons. The van der Waals surface area contributed by atoms with Gasteiger partial charge in [0.05, 0.1) is 0 Å². The summed E-state index contributed by atoms with van der Waals surface area (Å²) in [6, 6.07) is 0. The van der Waals surface area contributed by atoms with Gasteiger partial charge >= 0.3 is 0 Å². The SMILES string of the molecule is CCNc1nc(Cl)nc(NCC2(CC)CC2)n1. The molecule has 1 fully saturated rings. The lowest BCUT2D eigenvalue weighted by Crippen LogP contribution is -2.17. The Kier molecular flexibility index (Phi) is 3.66. The van der Waals surface area contributed by atoms with Crippen molar-refractivity contribution in [1.82, 2.24) is 15.0 Å². The summed E-state index contributed by atoms with van der Waals surface area (Å²) in [5, 5.41) is 6.50. The van der Waals surface area contributed by atoms with E-state index in [4.69, 9.17) is 11.6 Å². The monoisotopic (exact) mass is 255 g/mol. The second-order valence-corrected chi connectivity index (χ2v) is 4.83. The lowest BCUT2D eigenvalue weighted by atomic mass is 10.0. The van der Waals surface area contributed by atoms with Crippen molar-refractivity contribution in [2.75, 3.05) is 23.7 Å². The molecule has 0 amide bonds. The van der Waals surface area contributed by atoms with Gasteiger partial charge in [-0.25, -0.2) is 0 Å². The quantitative estimate of drug-likeness (QED) is 0.818. The van der Waals surface area contributed by atoms with Gasteiger partial charge in [0.15, 0.2) is 0 Å². The molecule has 94 valence electrons. The van der Waals surface area contributed by atoms with E-state index in [2.05, 4.69) is 32.5 Å². The standard InChI is InChI=1S/C11H18ClN5/c1-3-11(5-6-11)7-14-10-16-8(12)15-9(17-10)13-4-2/h3-7H2,1-2H3,(H2,13,14,15,16,17). The highest BCUT2D eigenvalue weighted by atomic mass is 35.5. The van der Waals surface area contributed by atoms with Crippen LogP contribution >= 0.6 is 11.6 Å². The van der Waals surface area contributed by atoms with Crippen molar-refractivity contribution < 1.29 is 0 Å². The van der Waals surface area contributed by atoms with E-state index in [9.17, 15) is 0 Å². The van der Waals surface area contributed by atoms with E-state index in [0.717, 1.165) is 13.1 Å². The highest BCUT2D eigenvalue weighted by Gasteiger charge is 2.40. The average molecular weight is 256 g/mol. The Bertz CT molecular complexity index is 391. The summed E-state index contributed by atoms with van der Waals surface area (Å²) in [5.74, 6) is 1.08. The van der Waals surface area contributed by atoms with Gasteiger partial charge in [-0.05, 0) is 43.2 Å². The molecule has 2 rings (SSSR count). The second-order valence-electron chi connectivity index (χ2n) is 4.49. The molecule has 1 aliphatic carbocycles. The molecule has 0 atom stereocenters. The summed E-state index contributed by atoms with van der Waals surface area (Å²) in [4.78, 5) is 12.3. The largest absolute Gasteiger partial charge is 0.354 e. The van der Waals surface area contributed by atoms with Crippen LogP contribution in [0.15, 0.2) is 0 Å². The molecule has 17 heavy (non-hydrogen) atoms. The first-order valence-corrected chi connectivity index (χ1v) is 6.44. The van der Waals surface area contributed by atoms with Crippen LogP contribution in [0.1, 0.15) is 33.1 Å². The number of aromatic nitrogens is 3. The molecule has 0 aliphatic heterocycles. The Labute approximate surface area is 106 Å². The molecule has 0 bridgehead atoms. The van der Waals surface area contributed by atoms with Crippen LogP contribution in [0.4, 0.5) is 11.9 Å². The fraction of sp³-hybridized carbons (Fsp3) is 0.727. The van der Waals surface area contributed by atoms with E-state index in [1.807, 2.05) is 6.92 Å². The average Bonchev–Trinajstić information content (AvgIpc) is 3.07. The fourth-order valence-electron chi connectivity index (χ4n) is 1.76. The number of hydrogen-bond acceptors (Lipinski definition) is 5. The molecule has 2 N–H and O–H groups in total. The molecule has 5 nitrogen and oxygen atoms in total. The van der Waals surface area contributed by atoms with E-state index in [1.165, 1.54) is 19.3 Å². The number of nitrogens with one attached hydrogen (secondary N) is 2. The van der Waals surface area contributed by atoms with Gasteiger partial charge in [0.1, 0.15) is 0 Å². The number of nitrogens with zero attached hydrogens (tertiary/aromatic N) is 3. The van der Waals surface area contributed by atoms with Gasteiger partial charge in [0, 0.05) is 13.1 Å². The molecular weight excluding hydrogens is 238 g/mol. The van der Waals surface area contributed by atoms with Crippen LogP contribution < -0.4 is 10.6 Å². The predicted octanol–water partition coefficient (Wildman–Crippen LogP) is 2.56. The van der Waals surface area contributed by atoms with E-state index in [1.54, 1.807) is 0 Å². The van der Waals surface area contributed by atoms with Gasteiger partial charge in [-0.3, -0.25) is 0 Å². The minimum atomic E-state index is 0.222. The second kappa shape index (κ2) is 5.04. The lowest BCUT2D eigenvalue weighted by molar-refractivity contribution is 0.519. The first kappa shape index (κ1) is 12.4. The van der Waals surface area contributed by atoms with Crippen molar-refractivity contribution in [2.24, 2.45) is 5.41 Å². The molecule has 1 aromatic heterocycles. The van der Waals surface area contributed by atoms with Crippen molar-refractivity contribution in [2.45, 2.75) is 33.1 Å². The number of halogens is 1. The minimum absolute atomic E-state index is 0.222. The molecule has 0 unspecified atom stereocenters. The lowest BCUT2D eigenvalue weighted by Gasteiger charge is -2.13. The van der Waals surface area contributed by atoms with Crippen LogP contribution in [0.5, 0.6) is 0 Å². The van der Waals surface area contributed by atoms with Crippen LogP contribution in [0.2, 0.25) is 5.28 Å². The van der Waals surface area contributed by atoms with Gasteiger partial charge in [-0.2, -0.15) is 15.0 Å². The first-order valence-electron chi connectivity index (χ1n) is 6.07. The molecule has 0 saturated heterocycles. The third kappa shape index (κ3) is 3.19. The third-order valence-electron chi connectivity index (χ3n) is 3.27. The molecule has 1 saturated carbocycles. The van der Waals surface area contributed by atoms with Crippen molar-refractivity contribution in [3.8, 4) is 0 Å². The Balaban J connectivity index is 2.00. The summed E-state index contributed by atoms with van der Waals surface area (Å²) < 4.78 is 0. The van der Waals surface area contributed by atoms with Crippen LogP contribution in [-0.2, 0) is 0 Å². The van der Waals surface area contributed by atoms with E-state index in [-0.39, 0.29) is 5.28 Å². The maximum atomic E-state index is 5.84. The third-order valence-corrected chi connectivity index (χ3v) is 3.44. The van der Waals surface area contributed by atoms with Crippen LogP contribution in [0.25, 0.3) is 0 Å². The summed E-state index contributed by atoms with van der Waals surface area (Å²) in [6.07, 6.45) is 3.77. The normalized spacial score (nSPS) is 16.6. The molecule has 1 aliphatic rings. The molecule has 1 heterocycles. The smallest absolute Gasteiger partial charge is 0.228 e. The van der Waals surface area contributed by atoms with Crippen molar-refractivity contribution in [3.63, 3.8) is 0 Å². The van der Waals surface area contributed by atoms with Crippen molar-refractivity contribution >= 4 is 23.5 Å². The van der Waals surface area contributed by atoms with E-state index >= 15 is 0 Å². The Morgan fingerprint density at radius 3 is 2.29 bits per heavy atom. The predicted molar refractivity (Wildman–Crippen MR) is 69.4 cm³/mol.